The van der Waals surface area contributed by atoms with Gasteiger partial charge in [0.1, 0.15) is 33.3 Å². The van der Waals surface area contributed by atoms with E-state index in [0.717, 1.165) is 63.4 Å². The Labute approximate surface area is 540 Å². The fourth-order valence-electron chi connectivity index (χ4n) is 9.46. The Morgan fingerprint density at radius 1 is 0.451 bits per heavy atom. The molecular weight excluding hydrogens is 1230 g/mol. The van der Waals surface area contributed by atoms with Crippen LogP contribution >= 0.6 is 34.0 Å². The summed E-state index contributed by atoms with van der Waals surface area (Å²) in [7, 11) is 0. The number of hydrogen-bond acceptors (Lipinski definition) is 17. The third-order valence-corrected chi connectivity index (χ3v) is 17.3. The van der Waals surface area contributed by atoms with Crippen molar-refractivity contribution in [3.05, 3.63) is 148 Å². The molecule has 25 heteroatoms. The number of piperazine rings is 3. The van der Waals surface area contributed by atoms with Crippen LogP contribution in [-0.4, -0.2) is 146 Å². The number of thiophene rings is 3. The molecule has 0 aliphatic carbocycles. The van der Waals surface area contributed by atoms with E-state index in [-0.39, 0.29) is 35.6 Å². The molecule has 91 heavy (non-hydrogen) atoms. The van der Waals surface area contributed by atoms with Gasteiger partial charge in [0, 0.05) is 78.5 Å². The van der Waals surface area contributed by atoms with E-state index in [4.69, 9.17) is 25.1 Å². The molecule has 0 unspecified atom stereocenters. The average Bonchev–Trinajstić information content (AvgIpc) is 1.91. The molecule has 7 N–H and O–H groups in total. The van der Waals surface area contributed by atoms with Gasteiger partial charge in [0.2, 0.25) is 0 Å². The second kappa shape index (κ2) is 29.9. The Kier molecular flexibility index (Phi) is 22.4. The summed E-state index contributed by atoms with van der Waals surface area (Å²) in [5.74, 6) is -2.07. The number of rotatable bonds is 11. The minimum absolute atomic E-state index is 0.186. The van der Waals surface area contributed by atoms with Crippen LogP contribution in [-0.2, 0) is 14.2 Å². The third-order valence-electron chi connectivity index (χ3n) is 13.9. The minimum Gasteiger partial charge on any atom is -0.477 e. The quantitative estimate of drug-likeness (QED) is 0.0521. The molecule has 3 aliphatic heterocycles. The van der Waals surface area contributed by atoms with Gasteiger partial charge >= 0.3 is 24.2 Å². The number of aromatic carboxylic acids is 1. The number of benzene rings is 4. The van der Waals surface area contributed by atoms with Crippen LogP contribution in [0.2, 0.25) is 0 Å². The van der Waals surface area contributed by atoms with E-state index in [2.05, 4.69) is 36.0 Å². The molecule has 4 aromatic carbocycles. The van der Waals surface area contributed by atoms with Crippen LogP contribution in [0.3, 0.4) is 0 Å². The average molecular weight is 1310 g/mol. The minimum atomic E-state index is -0.904. The summed E-state index contributed by atoms with van der Waals surface area (Å²) in [5, 5.41) is 23.7. The van der Waals surface area contributed by atoms with Crippen LogP contribution < -0.4 is 41.7 Å². The predicted octanol–water partition coefficient (Wildman–Crippen LogP) is 13.5. The summed E-state index contributed by atoms with van der Waals surface area (Å²) >= 11 is 4.08. The Morgan fingerprint density at radius 2 is 0.824 bits per heavy atom. The van der Waals surface area contributed by atoms with Gasteiger partial charge in [0.15, 0.2) is 0 Å². The number of hydrogen-bond donors (Lipinski definition) is 6. The van der Waals surface area contributed by atoms with E-state index in [1.165, 1.54) is 58.3 Å². The van der Waals surface area contributed by atoms with Crippen LogP contribution in [0.15, 0.2) is 121 Å². The molecule has 7 aromatic rings. The van der Waals surface area contributed by atoms with E-state index in [0.29, 0.717) is 89.7 Å². The number of carbonyl (C=O) groups excluding carboxylic acids is 5. The first-order chi connectivity index (χ1) is 43.0. The van der Waals surface area contributed by atoms with Crippen molar-refractivity contribution in [1.29, 1.82) is 0 Å². The molecule has 0 atom stereocenters. The number of anilines is 7. The molecule has 0 spiro atoms. The molecule has 0 radical (unpaired) electrons. The van der Waals surface area contributed by atoms with Crippen LogP contribution in [0, 0.1) is 11.6 Å². The van der Waals surface area contributed by atoms with Gasteiger partial charge in [-0.2, -0.15) is 0 Å². The van der Waals surface area contributed by atoms with Crippen LogP contribution in [0.1, 0.15) is 91.3 Å². The first-order valence-electron chi connectivity index (χ1n) is 29.7. The second-order valence-corrected chi connectivity index (χ2v) is 27.7. The molecule has 3 aliphatic rings. The molecular formula is C66H78F2N10O10S3. The van der Waals surface area contributed by atoms with Crippen molar-refractivity contribution in [2.24, 2.45) is 0 Å². The van der Waals surface area contributed by atoms with Gasteiger partial charge in [0.25, 0.3) is 11.8 Å². The lowest BCUT2D eigenvalue weighted by molar-refractivity contribution is 0.0230. The third kappa shape index (κ3) is 20.1. The van der Waals surface area contributed by atoms with E-state index >= 15 is 0 Å². The van der Waals surface area contributed by atoms with Crippen molar-refractivity contribution in [3.8, 4) is 22.3 Å². The number of carbonyl (C=O) groups is 6. The van der Waals surface area contributed by atoms with Crippen molar-refractivity contribution in [3.63, 3.8) is 0 Å². The topological polar surface area (TPSA) is 241 Å². The smallest absolute Gasteiger partial charge is 0.412 e. The molecule has 10 rings (SSSR count). The molecule has 3 saturated heterocycles. The lowest BCUT2D eigenvalue weighted by atomic mass is 10.0. The normalized spacial score (nSPS) is 14.4. The van der Waals surface area contributed by atoms with E-state index in [1.54, 1.807) is 91.2 Å². The number of ether oxygens (including phenoxy) is 3. The van der Waals surface area contributed by atoms with E-state index < -0.39 is 28.9 Å². The van der Waals surface area contributed by atoms with Gasteiger partial charge in [-0.05, 0) is 169 Å². The number of nitrogens with one attached hydrogen (secondary N) is 4. The Balaban J connectivity index is 0.000000188. The molecule has 0 bridgehead atoms. The number of nitrogens with zero attached hydrogens (tertiary/aromatic N) is 5. The zero-order valence-corrected chi connectivity index (χ0v) is 54.9. The first kappa shape index (κ1) is 68.1. The van der Waals surface area contributed by atoms with Crippen molar-refractivity contribution in [1.82, 2.24) is 15.1 Å². The SMILES string of the molecule is CC(C)(C)OC(=O)N1CCN(c2ccc(C(=O)O)s2)CC1.CC(C)(C)OC(=O)Nc1ccc(-c2ccc(F)cc2)cc1NC(=O)c1ccc(N2CCN(C(=O)OC(C)(C)C)CC2)s1.Nc1ccc(-c2ccc(F)cc2)cc1NC(=O)c1ccc(N2CCNCC2)s1. The maximum Gasteiger partial charge on any atom is 0.412 e. The second-order valence-electron chi connectivity index (χ2n) is 24.5. The first-order valence-corrected chi connectivity index (χ1v) is 32.1. The van der Waals surface area contributed by atoms with Gasteiger partial charge < -0.3 is 65.5 Å². The standard InChI is InChI=1S/C31H37FN4O5S.C21H21FN4OS.C14H20N2O4S/c1-30(2,3)40-28(38)34-23-12-9-21(20-7-10-22(32)11-8-20)19-24(23)33-27(37)25-13-14-26(42-25)35-15-17-36(18-16-35)29(39)41-31(4,5)6;22-16-4-1-14(2-5-16)15-3-6-17(23)18(13-15)25-21(27)19-7-8-20(28-19)26-11-9-24-10-12-26;1-14(2,3)20-13(19)16-8-6-15(7-9-16)11-5-4-10(21-11)12(17)18/h7-14,19H,15-18H2,1-6H3,(H,33,37)(H,34,38);1-8,13,24H,9-12,23H2,(H,25,27);4-5H,6-9H2,1-3H3,(H,17,18). The lowest BCUT2D eigenvalue weighted by Crippen LogP contribution is -2.49. The summed E-state index contributed by atoms with van der Waals surface area (Å²) in [5.41, 5.74) is 9.27. The molecule has 484 valence electrons. The van der Waals surface area contributed by atoms with Crippen LogP contribution in [0.4, 0.5) is 60.9 Å². The summed E-state index contributed by atoms with van der Waals surface area (Å²) in [4.78, 5) is 85.2. The molecule has 0 saturated carbocycles. The Morgan fingerprint density at radius 3 is 1.24 bits per heavy atom. The Bertz CT molecular complexity index is 3670. The molecule has 6 heterocycles. The number of nitrogens with two attached hydrogens (primary N) is 1. The summed E-state index contributed by atoms with van der Waals surface area (Å²) in [6.07, 6.45) is -1.27. The number of halogens is 2. The van der Waals surface area contributed by atoms with Gasteiger partial charge in [0.05, 0.1) is 47.5 Å². The van der Waals surface area contributed by atoms with Gasteiger partial charge in [-0.15, -0.1) is 34.0 Å². The van der Waals surface area contributed by atoms with Crippen molar-refractivity contribution in [2.45, 2.75) is 79.1 Å². The van der Waals surface area contributed by atoms with E-state index in [1.807, 2.05) is 77.9 Å². The van der Waals surface area contributed by atoms with Gasteiger partial charge in [-0.3, -0.25) is 14.9 Å². The van der Waals surface area contributed by atoms with Crippen LogP contribution in [0.25, 0.3) is 22.3 Å². The summed E-state index contributed by atoms with van der Waals surface area (Å²) in [6.45, 7) is 24.9. The fourth-order valence-corrected chi connectivity index (χ4v) is 12.3. The zero-order valence-electron chi connectivity index (χ0n) is 52.4. The molecule has 20 nitrogen and oxygen atoms in total. The number of nitrogen functional groups attached to an aromatic ring is 1. The highest BCUT2D eigenvalue weighted by atomic mass is 32.1. The monoisotopic (exact) mass is 1300 g/mol. The highest BCUT2D eigenvalue weighted by molar-refractivity contribution is 7.18. The van der Waals surface area contributed by atoms with Crippen molar-refractivity contribution < 1.29 is 56.9 Å². The zero-order chi connectivity index (χ0) is 65.8. The number of amides is 5. The highest BCUT2D eigenvalue weighted by Crippen LogP contribution is 2.35. The molecule has 5 amide bonds. The summed E-state index contributed by atoms with van der Waals surface area (Å²) in [6, 6.07) is 33.7. The van der Waals surface area contributed by atoms with Gasteiger partial charge in [-0.25, -0.2) is 28.0 Å². The largest absolute Gasteiger partial charge is 0.477 e. The van der Waals surface area contributed by atoms with Crippen LogP contribution in [0.5, 0.6) is 0 Å². The molecule has 3 fully saturated rings. The van der Waals surface area contributed by atoms with Gasteiger partial charge in [-0.1, -0.05) is 36.4 Å². The predicted molar refractivity (Wildman–Crippen MR) is 359 cm³/mol. The Hall–Kier alpha value is -8.78. The maximum atomic E-state index is 13.5. The van der Waals surface area contributed by atoms with Crippen molar-refractivity contribution >= 4 is 108 Å². The highest BCUT2D eigenvalue weighted by Gasteiger charge is 2.29. The maximum absolute atomic E-state index is 13.5. The fraction of sp³-hybridized carbons (Fsp3) is 0.364. The number of carboxylic acids is 1. The summed E-state index contributed by atoms with van der Waals surface area (Å²) < 4.78 is 42.9. The molecule has 3 aromatic heterocycles. The van der Waals surface area contributed by atoms with Crippen molar-refractivity contribution in [2.75, 3.05) is 115 Å². The lowest BCUT2D eigenvalue weighted by Gasteiger charge is -2.36. The number of carboxylic acid groups (broad SMARTS) is 1. The van der Waals surface area contributed by atoms with E-state index in [9.17, 15) is 37.5 Å².